The van der Waals surface area contributed by atoms with Gasteiger partial charge in [0.05, 0.1) is 10.9 Å². The van der Waals surface area contributed by atoms with E-state index < -0.39 is 0 Å². The van der Waals surface area contributed by atoms with Crippen molar-refractivity contribution in [3.8, 4) is 0 Å². The minimum Gasteiger partial charge on any atom is -0.368 e. The van der Waals surface area contributed by atoms with E-state index in [-0.39, 0.29) is 5.56 Å². The standard InChI is InChI=1S/C15H15N5O/c21-14-11-5-1-2-6-12(11)19-15(20-14)18-10-9-17-13-7-3-4-8-16-13/h1-8H,9-10H2,(H,16,17)(H2,18,19,20,21). The van der Waals surface area contributed by atoms with Gasteiger partial charge in [-0.1, -0.05) is 18.2 Å². The maximum atomic E-state index is 11.9. The van der Waals surface area contributed by atoms with Crippen molar-refractivity contribution in [1.29, 1.82) is 0 Å². The molecule has 3 aromatic rings. The molecule has 0 amide bonds. The molecule has 0 aliphatic heterocycles. The SMILES string of the molecule is O=c1[nH]c(NCCNc2ccccn2)nc2ccccc12. The Bertz CT molecular complexity index is 785. The molecule has 2 aromatic heterocycles. The minimum absolute atomic E-state index is 0.138. The molecule has 21 heavy (non-hydrogen) atoms. The fourth-order valence-corrected chi connectivity index (χ4v) is 2.01. The number of fused-ring (bicyclic) bond motifs is 1. The summed E-state index contributed by atoms with van der Waals surface area (Å²) in [6.07, 6.45) is 1.73. The molecular formula is C15H15N5O. The van der Waals surface area contributed by atoms with Crippen LogP contribution in [0.2, 0.25) is 0 Å². The van der Waals surface area contributed by atoms with Crippen molar-refractivity contribution in [3.63, 3.8) is 0 Å². The van der Waals surface area contributed by atoms with Crippen LogP contribution in [0.5, 0.6) is 0 Å². The lowest BCUT2D eigenvalue weighted by Gasteiger charge is -2.08. The third kappa shape index (κ3) is 3.17. The maximum absolute atomic E-state index is 11.9. The van der Waals surface area contributed by atoms with Crippen molar-refractivity contribution >= 4 is 22.7 Å². The molecule has 0 saturated heterocycles. The van der Waals surface area contributed by atoms with Gasteiger partial charge in [0, 0.05) is 19.3 Å². The summed E-state index contributed by atoms with van der Waals surface area (Å²) in [5.74, 6) is 1.29. The normalized spacial score (nSPS) is 10.5. The van der Waals surface area contributed by atoms with Crippen molar-refractivity contribution in [2.75, 3.05) is 23.7 Å². The molecule has 106 valence electrons. The molecule has 2 heterocycles. The molecule has 1 aromatic carbocycles. The van der Waals surface area contributed by atoms with E-state index in [0.717, 1.165) is 5.82 Å². The van der Waals surface area contributed by atoms with Crippen LogP contribution in [0.25, 0.3) is 10.9 Å². The zero-order valence-electron chi connectivity index (χ0n) is 11.3. The molecule has 0 saturated carbocycles. The Morgan fingerprint density at radius 3 is 2.67 bits per heavy atom. The highest BCUT2D eigenvalue weighted by Crippen LogP contribution is 2.07. The molecule has 0 aliphatic rings. The number of H-pyrrole nitrogens is 1. The number of pyridine rings is 1. The largest absolute Gasteiger partial charge is 0.368 e. The molecule has 0 bridgehead atoms. The van der Waals surface area contributed by atoms with Crippen molar-refractivity contribution in [2.45, 2.75) is 0 Å². The van der Waals surface area contributed by atoms with Gasteiger partial charge in [-0.25, -0.2) is 9.97 Å². The Hall–Kier alpha value is -2.89. The summed E-state index contributed by atoms with van der Waals surface area (Å²) < 4.78 is 0. The lowest BCUT2D eigenvalue weighted by Crippen LogP contribution is -2.18. The fourth-order valence-electron chi connectivity index (χ4n) is 2.01. The van der Waals surface area contributed by atoms with Crippen molar-refractivity contribution in [1.82, 2.24) is 15.0 Å². The van der Waals surface area contributed by atoms with E-state index in [9.17, 15) is 4.79 Å². The summed E-state index contributed by atoms with van der Waals surface area (Å²) >= 11 is 0. The van der Waals surface area contributed by atoms with Gasteiger partial charge in [-0.3, -0.25) is 9.78 Å². The van der Waals surface area contributed by atoms with Gasteiger partial charge in [0.2, 0.25) is 5.95 Å². The van der Waals surface area contributed by atoms with E-state index >= 15 is 0 Å². The number of aromatic amines is 1. The van der Waals surface area contributed by atoms with Gasteiger partial charge in [0.15, 0.2) is 0 Å². The third-order valence-corrected chi connectivity index (χ3v) is 3.00. The van der Waals surface area contributed by atoms with Gasteiger partial charge >= 0.3 is 0 Å². The molecule has 3 N–H and O–H groups in total. The van der Waals surface area contributed by atoms with Crippen molar-refractivity contribution in [2.24, 2.45) is 0 Å². The number of hydrogen-bond donors (Lipinski definition) is 3. The molecule has 3 rings (SSSR count). The number of para-hydroxylation sites is 1. The van der Waals surface area contributed by atoms with E-state index in [1.54, 1.807) is 12.3 Å². The van der Waals surface area contributed by atoms with Crippen LogP contribution in [-0.4, -0.2) is 28.0 Å². The topological polar surface area (TPSA) is 82.7 Å². The van der Waals surface area contributed by atoms with Crippen molar-refractivity contribution < 1.29 is 0 Å². The van der Waals surface area contributed by atoms with Gasteiger partial charge in [-0.2, -0.15) is 0 Å². The molecule has 6 nitrogen and oxygen atoms in total. The summed E-state index contributed by atoms with van der Waals surface area (Å²) in [4.78, 5) is 23.2. The number of benzene rings is 1. The number of nitrogens with zero attached hydrogens (tertiary/aromatic N) is 2. The number of nitrogens with one attached hydrogen (secondary N) is 3. The number of rotatable bonds is 5. The molecular weight excluding hydrogens is 266 g/mol. The zero-order valence-corrected chi connectivity index (χ0v) is 11.3. The lowest BCUT2D eigenvalue weighted by atomic mass is 10.2. The summed E-state index contributed by atoms with van der Waals surface area (Å²) in [6, 6.07) is 13.0. The van der Waals surface area contributed by atoms with Gasteiger partial charge in [0.25, 0.3) is 5.56 Å². The van der Waals surface area contributed by atoms with E-state index in [0.29, 0.717) is 29.9 Å². The van der Waals surface area contributed by atoms with Crippen molar-refractivity contribution in [3.05, 3.63) is 59.0 Å². The Morgan fingerprint density at radius 2 is 1.81 bits per heavy atom. The lowest BCUT2D eigenvalue weighted by molar-refractivity contribution is 1.02. The van der Waals surface area contributed by atoms with Crippen LogP contribution >= 0.6 is 0 Å². The van der Waals surface area contributed by atoms with Crippen LogP contribution < -0.4 is 16.2 Å². The zero-order chi connectivity index (χ0) is 14.5. The number of aromatic nitrogens is 3. The minimum atomic E-state index is -0.138. The van der Waals surface area contributed by atoms with Crippen LogP contribution in [0.3, 0.4) is 0 Å². The average molecular weight is 281 g/mol. The quantitative estimate of drug-likeness (QED) is 0.622. The van der Waals surface area contributed by atoms with Crippen LogP contribution in [0, 0.1) is 0 Å². The maximum Gasteiger partial charge on any atom is 0.260 e. The average Bonchev–Trinajstić information content (AvgIpc) is 2.53. The van der Waals surface area contributed by atoms with E-state index in [2.05, 4.69) is 25.6 Å². The van der Waals surface area contributed by atoms with Crippen LogP contribution in [0.15, 0.2) is 53.5 Å². The summed E-state index contributed by atoms with van der Waals surface area (Å²) in [5, 5.41) is 6.86. The number of hydrogen-bond acceptors (Lipinski definition) is 5. The highest BCUT2D eigenvalue weighted by molar-refractivity contribution is 5.78. The summed E-state index contributed by atoms with van der Waals surface area (Å²) in [7, 11) is 0. The fraction of sp³-hybridized carbons (Fsp3) is 0.133. The number of anilines is 2. The predicted molar refractivity (Wildman–Crippen MR) is 83.6 cm³/mol. The second-order valence-corrected chi connectivity index (χ2v) is 4.50. The van der Waals surface area contributed by atoms with Crippen LogP contribution in [-0.2, 0) is 0 Å². The summed E-state index contributed by atoms with van der Waals surface area (Å²) in [6.45, 7) is 1.30. The molecule has 0 radical (unpaired) electrons. The Kier molecular flexibility index (Phi) is 3.77. The van der Waals surface area contributed by atoms with Gasteiger partial charge in [-0.15, -0.1) is 0 Å². The third-order valence-electron chi connectivity index (χ3n) is 3.00. The highest BCUT2D eigenvalue weighted by atomic mass is 16.1. The highest BCUT2D eigenvalue weighted by Gasteiger charge is 2.02. The first-order valence-electron chi connectivity index (χ1n) is 6.71. The Balaban J connectivity index is 1.62. The smallest absolute Gasteiger partial charge is 0.260 e. The second-order valence-electron chi connectivity index (χ2n) is 4.50. The van der Waals surface area contributed by atoms with E-state index in [1.165, 1.54) is 0 Å². The van der Waals surface area contributed by atoms with Gasteiger partial charge in [-0.05, 0) is 24.3 Å². The molecule has 0 atom stereocenters. The Morgan fingerprint density at radius 1 is 1.00 bits per heavy atom. The first-order chi connectivity index (χ1) is 10.3. The molecule has 0 spiro atoms. The molecule has 0 aliphatic carbocycles. The molecule has 6 heteroatoms. The predicted octanol–water partition coefficient (Wildman–Crippen LogP) is 1.84. The molecule has 0 fully saturated rings. The van der Waals surface area contributed by atoms with Crippen LogP contribution in [0.4, 0.5) is 11.8 Å². The second kappa shape index (κ2) is 6.04. The first kappa shape index (κ1) is 13.1. The Labute approximate surface area is 121 Å². The van der Waals surface area contributed by atoms with Gasteiger partial charge < -0.3 is 10.6 Å². The van der Waals surface area contributed by atoms with Crippen LogP contribution in [0.1, 0.15) is 0 Å². The summed E-state index contributed by atoms with van der Waals surface area (Å²) in [5.41, 5.74) is 0.544. The van der Waals surface area contributed by atoms with E-state index in [1.807, 2.05) is 36.4 Å². The molecule has 0 unspecified atom stereocenters. The van der Waals surface area contributed by atoms with E-state index in [4.69, 9.17) is 0 Å². The monoisotopic (exact) mass is 281 g/mol. The van der Waals surface area contributed by atoms with Gasteiger partial charge in [0.1, 0.15) is 5.82 Å². The first-order valence-corrected chi connectivity index (χ1v) is 6.71.